The van der Waals surface area contributed by atoms with Crippen molar-refractivity contribution < 1.29 is 19.2 Å². The van der Waals surface area contributed by atoms with E-state index in [9.17, 15) is 14.9 Å². The first-order chi connectivity index (χ1) is 14.2. The average Bonchev–Trinajstić information content (AvgIpc) is 3.32. The van der Waals surface area contributed by atoms with Crippen LogP contribution in [0.4, 0.5) is 5.69 Å². The number of hydrazone groups is 1. The minimum absolute atomic E-state index is 0.0170. The van der Waals surface area contributed by atoms with Gasteiger partial charge >= 0.3 is 0 Å². The zero-order valence-electron chi connectivity index (χ0n) is 17.1. The molecule has 1 aromatic heterocycles. The molecule has 0 spiro atoms. The molecule has 1 amide bonds. The molecule has 1 aliphatic heterocycles. The van der Waals surface area contributed by atoms with Gasteiger partial charge in [-0.1, -0.05) is 20.8 Å². The van der Waals surface area contributed by atoms with Crippen molar-refractivity contribution in [1.82, 2.24) is 5.43 Å². The van der Waals surface area contributed by atoms with Crippen molar-refractivity contribution in [2.24, 2.45) is 16.4 Å². The van der Waals surface area contributed by atoms with E-state index in [2.05, 4.69) is 31.3 Å². The molecule has 158 valence electrons. The number of nitrogens with zero attached hydrogens (tertiary/aromatic N) is 2. The molecule has 0 saturated carbocycles. The number of carbonyl (C=O) groups is 1. The number of nitro groups is 1. The number of rotatable bonds is 4. The molecule has 30 heavy (non-hydrogen) atoms. The number of fused-ring (bicyclic) bond motifs is 2. The molecule has 1 atom stereocenters. The van der Waals surface area contributed by atoms with Crippen LogP contribution in [0.15, 0.2) is 22.6 Å². The molecule has 0 fully saturated rings. The molecule has 1 aromatic carbocycles. The van der Waals surface area contributed by atoms with Crippen molar-refractivity contribution in [3.05, 3.63) is 49.2 Å². The van der Waals surface area contributed by atoms with Gasteiger partial charge in [0.25, 0.3) is 11.6 Å². The van der Waals surface area contributed by atoms with Crippen LogP contribution in [-0.4, -0.2) is 23.8 Å². The Morgan fingerprint density at radius 1 is 1.33 bits per heavy atom. The smallest absolute Gasteiger partial charge is 0.282 e. The van der Waals surface area contributed by atoms with Gasteiger partial charge in [0.15, 0.2) is 11.5 Å². The highest BCUT2D eigenvalue weighted by Gasteiger charge is 2.31. The van der Waals surface area contributed by atoms with Gasteiger partial charge in [-0.15, -0.1) is 11.3 Å². The van der Waals surface area contributed by atoms with E-state index in [0.29, 0.717) is 23.0 Å². The van der Waals surface area contributed by atoms with Crippen molar-refractivity contribution >= 4 is 29.1 Å². The van der Waals surface area contributed by atoms with Crippen LogP contribution in [0.2, 0.25) is 0 Å². The fourth-order valence-corrected chi connectivity index (χ4v) is 5.03. The average molecular weight is 429 g/mol. The molecule has 4 rings (SSSR count). The maximum absolute atomic E-state index is 12.7. The van der Waals surface area contributed by atoms with Gasteiger partial charge < -0.3 is 9.47 Å². The van der Waals surface area contributed by atoms with E-state index in [0.717, 1.165) is 24.8 Å². The third kappa shape index (κ3) is 3.89. The van der Waals surface area contributed by atoms with E-state index in [1.54, 1.807) is 11.3 Å². The third-order valence-electron chi connectivity index (χ3n) is 5.71. The second kappa shape index (κ2) is 7.71. The summed E-state index contributed by atoms with van der Waals surface area (Å²) < 4.78 is 10.4. The van der Waals surface area contributed by atoms with Gasteiger partial charge in [0.1, 0.15) is 0 Å². The van der Waals surface area contributed by atoms with Crippen LogP contribution in [0.25, 0.3) is 0 Å². The summed E-state index contributed by atoms with van der Waals surface area (Å²) in [5.74, 6) is 1.03. The lowest BCUT2D eigenvalue weighted by molar-refractivity contribution is -0.385. The zero-order chi connectivity index (χ0) is 21.5. The van der Waals surface area contributed by atoms with Gasteiger partial charge in [0.2, 0.25) is 6.79 Å². The molecule has 2 aliphatic rings. The van der Waals surface area contributed by atoms with Crippen molar-refractivity contribution in [3.63, 3.8) is 0 Å². The molecular weight excluding hydrogens is 406 g/mol. The highest BCUT2D eigenvalue weighted by molar-refractivity contribution is 7.10. The molecule has 0 radical (unpaired) electrons. The predicted molar refractivity (Wildman–Crippen MR) is 114 cm³/mol. The molecular formula is C21H23N3O5S. The van der Waals surface area contributed by atoms with Crippen LogP contribution >= 0.6 is 11.3 Å². The lowest BCUT2D eigenvalue weighted by Gasteiger charge is -2.33. The Morgan fingerprint density at radius 3 is 2.77 bits per heavy atom. The molecule has 9 heteroatoms. The molecule has 0 bridgehead atoms. The summed E-state index contributed by atoms with van der Waals surface area (Å²) in [6.45, 7) is 6.79. The first-order valence-electron chi connectivity index (χ1n) is 9.74. The SMILES string of the molecule is CC(C)(C)[C@@H]1CCc2c(C(=O)N/N=C\c3cc4c(cc3[N+](=O)[O-])OCO4)csc2C1. The normalized spacial score (nSPS) is 17.8. The minimum Gasteiger partial charge on any atom is -0.454 e. The van der Waals surface area contributed by atoms with Crippen molar-refractivity contribution in [2.75, 3.05) is 6.79 Å². The number of amides is 1. The molecule has 2 heterocycles. The highest BCUT2D eigenvalue weighted by atomic mass is 32.1. The van der Waals surface area contributed by atoms with Crippen LogP contribution in [0.3, 0.4) is 0 Å². The number of hydrogen-bond donors (Lipinski definition) is 1. The van der Waals surface area contributed by atoms with Crippen LogP contribution < -0.4 is 14.9 Å². The van der Waals surface area contributed by atoms with E-state index >= 15 is 0 Å². The topological polar surface area (TPSA) is 103 Å². The van der Waals surface area contributed by atoms with Gasteiger partial charge in [0.05, 0.1) is 28.3 Å². The van der Waals surface area contributed by atoms with Gasteiger partial charge in [-0.3, -0.25) is 14.9 Å². The van der Waals surface area contributed by atoms with Crippen molar-refractivity contribution in [1.29, 1.82) is 0 Å². The Balaban J connectivity index is 1.49. The number of carbonyl (C=O) groups excluding carboxylic acids is 1. The molecule has 2 aromatic rings. The largest absolute Gasteiger partial charge is 0.454 e. The highest BCUT2D eigenvalue weighted by Crippen LogP contribution is 2.40. The molecule has 0 saturated heterocycles. The standard InChI is InChI=1S/C21H23N3O5S/c1-21(2,3)13-4-5-14-15(10-30-19(14)7-13)20(25)23-22-9-12-6-17-18(29-11-28-17)8-16(12)24(26)27/h6,8-10,13H,4-5,7,11H2,1-3H3,(H,23,25)/b22-9-/t13-/m1/s1. The molecule has 1 aliphatic carbocycles. The number of thiophene rings is 1. The summed E-state index contributed by atoms with van der Waals surface area (Å²) in [4.78, 5) is 24.7. The number of nitrogens with one attached hydrogen (secondary N) is 1. The van der Waals surface area contributed by atoms with Gasteiger partial charge in [-0.25, -0.2) is 5.43 Å². The van der Waals surface area contributed by atoms with Crippen LogP contribution in [0.5, 0.6) is 11.5 Å². The summed E-state index contributed by atoms with van der Waals surface area (Å²) in [7, 11) is 0. The van der Waals surface area contributed by atoms with Gasteiger partial charge in [-0.05, 0) is 42.2 Å². The predicted octanol–water partition coefficient (Wildman–Crippen LogP) is 4.30. The maximum atomic E-state index is 12.7. The third-order valence-corrected chi connectivity index (χ3v) is 6.76. The second-order valence-electron chi connectivity index (χ2n) is 8.58. The first-order valence-corrected chi connectivity index (χ1v) is 10.6. The first kappa shape index (κ1) is 20.3. The fraction of sp³-hybridized carbons (Fsp3) is 0.429. The molecule has 8 nitrogen and oxygen atoms in total. The van der Waals surface area contributed by atoms with Crippen molar-refractivity contribution in [3.8, 4) is 11.5 Å². The number of benzene rings is 1. The van der Waals surface area contributed by atoms with E-state index in [1.807, 2.05) is 5.38 Å². The monoisotopic (exact) mass is 429 g/mol. The minimum atomic E-state index is -0.522. The van der Waals surface area contributed by atoms with Crippen LogP contribution in [0, 0.1) is 21.4 Å². The van der Waals surface area contributed by atoms with Gasteiger partial charge in [0, 0.05) is 10.3 Å². The van der Waals surface area contributed by atoms with Crippen molar-refractivity contribution in [2.45, 2.75) is 40.0 Å². The lowest BCUT2D eigenvalue weighted by Crippen LogP contribution is -2.27. The van der Waals surface area contributed by atoms with Gasteiger partial charge in [-0.2, -0.15) is 5.10 Å². The van der Waals surface area contributed by atoms with E-state index in [4.69, 9.17) is 9.47 Å². The number of ether oxygens (including phenoxy) is 2. The summed E-state index contributed by atoms with van der Waals surface area (Å²) in [6.07, 6.45) is 4.18. The summed E-state index contributed by atoms with van der Waals surface area (Å²) in [6, 6.07) is 2.78. The summed E-state index contributed by atoms with van der Waals surface area (Å²) in [5.41, 5.74) is 4.54. The quantitative estimate of drug-likeness (QED) is 0.443. The van der Waals surface area contributed by atoms with Crippen LogP contribution in [-0.2, 0) is 12.8 Å². The second-order valence-corrected chi connectivity index (χ2v) is 9.54. The van der Waals surface area contributed by atoms with Crippen LogP contribution in [0.1, 0.15) is 53.6 Å². The molecule has 0 unspecified atom stereocenters. The zero-order valence-corrected chi connectivity index (χ0v) is 17.9. The van der Waals surface area contributed by atoms with E-state index in [-0.39, 0.29) is 29.4 Å². The number of nitro benzene ring substituents is 1. The molecule has 1 N–H and O–H groups in total. The fourth-order valence-electron chi connectivity index (χ4n) is 3.87. The summed E-state index contributed by atoms with van der Waals surface area (Å²) >= 11 is 1.62. The number of hydrogen-bond acceptors (Lipinski definition) is 7. The van der Waals surface area contributed by atoms with E-state index < -0.39 is 4.92 Å². The Kier molecular flexibility index (Phi) is 5.23. The summed E-state index contributed by atoms with van der Waals surface area (Å²) in [5, 5.41) is 17.2. The lowest BCUT2D eigenvalue weighted by atomic mass is 9.72. The Morgan fingerprint density at radius 2 is 2.07 bits per heavy atom. The Bertz CT molecular complexity index is 1040. The Hall–Kier alpha value is -2.94. The maximum Gasteiger partial charge on any atom is 0.282 e. The van der Waals surface area contributed by atoms with E-state index in [1.165, 1.54) is 23.2 Å². The Labute approximate surface area is 178 Å².